The van der Waals surface area contributed by atoms with Crippen LogP contribution in [0, 0.1) is 0 Å². The highest BCUT2D eigenvalue weighted by Crippen LogP contribution is 2.37. The Kier molecular flexibility index (Phi) is 6.07. The number of anilines is 1. The minimum Gasteiger partial charge on any atom is -0.497 e. The summed E-state index contributed by atoms with van der Waals surface area (Å²) in [7, 11) is 4.68. The summed E-state index contributed by atoms with van der Waals surface area (Å²) in [5.41, 5.74) is 2.65. The summed E-state index contributed by atoms with van der Waals surface area (Å²) in [6.45, 7) is 0. The van der Waals surface area contributed by atoms with Crippen LogP contribution in [0.1, 0.15) is 19.3 Å². The van der Waals surface area contributed by atoms with Crippen LogP contribution >= 0.6 is 0 Å². The molecule has 7 heteroatoms. The van der Waals surface area contributed by atoms with Gasteiger partial charge >= 0.3 is 5.97 Å². The van der Waals surface area contributed by atoms with Gasteiger partial charge in [0.25, 0.3) is 5.91 Å². The molecule has 2 aromatic carbocycles. The molecule has 0 unspecified atom stereocenters. The van der Waals surface area contributed by atoms with Crippen molar-refractivity contribution >= 4 is 17.6 Å². The number of hydrogen-bond acceptors (Lipinski definition) is 5. The third-order valence-corrected chi connectivity index (χ3v) is 4.92. The molecule has 2 N–H and O–H groups in total. The van der Waals surface area contributed by atoms with Crippen molar-refractivity contribution in [2.45, 2.75) is 19.3 Å². The van der Waals surface area contributed by atoms with Crippen LogP contribution in [-0.4, -0.2) is 38.3 Å². The molecule has 1 aliphatic carbocycles. The largest absolute Gasteiger partial charge is 0.497 e. The van der Waals surface area contributed by atoms with Crippen LogP contribution in [0.15, 0.2) is 47.5 Å². The van der Waals surface area contributed by atoms with Gasteiger partial charge < -0.3 is 24.6 Å². The predicted octanol–water partition coefficient (Wildman–Crippen LogP) is 3.88. The maximum atomic E-state index is 12.6. The second-order valence-corrected chi connectivity index (χ2v) is 6.55. The molecule has 0 saturated heterocycles. The lowest BCUT2D eigenvalue weighted by molar-refractivity contribution is -0.133. The number of hydrogen-bond donors (Lipinski definition) is 2. The van der Waals surface area contributed by atoms with E-state index in [1.165, 1.54) is 7.11 Å². The zero-order chi connectivity index (χ0) is 21.0. The van der Waals surface area contributed by atoms with E-state index in [0.29, 0.717) is 47.8 Å². The fraction of sp³-hybridized carbons (Fsp3) is 0.273. The van der Waals surface area contributed by atoms with E-state index in [9.17, 15) is 14.7 Å². The molecule has 0 atom stereocenters. The zero-order valence-corrected chi connectivity index (χ0v) is 16.6. The summed E-state index contributed by atoms with van der Waals surface area (Å²) in [6, 6.07) is 10.9. The van der Waals surface area contributed by atoms with E-state index in [2.05, 4.69) is 5.32 Å². The first-order valence-electron chi connectivity index (χ1n) is 9.15. The number of benzene rings is 2. The Labute approximate surface area is 168 Å². The zero-order valence-electron chi connectivity index (χ0n) is 16.6. The van der Waals surface area contributed by atoms with Crippen molar-refractivity contribution in [1.82, 2.24) is 0 Å². The van der Waals surface area contributed by atoms with E-state index in [1.54, 1.807) is 32.4 Å². The van der Waals surface area contributed by atoms with E-state index in [1.807, 2.05) is 18.2 Å². The molecule has 0 aliphatic heterocycles. The molecule has 3 rings (SSSR count). The maximum absolute atomic E-state index is 12.6. The second kappa shape index (κ2) is 8.68. The quantitative estimate of drug-likeness (QED) is 0.736. The number of carbonyl (C=O) groups excluding carboxylic acids is 1. The number of carboxylic acids is 1. The summed E-state index contributed by atoms with van der Waals surface area (Å²) in [4.78, 5) is 23.9. The summed E-state index contributed by atoms with van der Waals surface area (Å²) in [6.07, 6.45) is 1.53. The minimum absolute atomic E-state index is 0.182. The van der Waals surface area contributed by atoms with Gasteiger partial charge in [0.2, 0.25) is 0 Å². The molecular formula is C22H23NO6. The van der Waals surface area contributed by atoms with Crippen molar-refractivity contribution in [2.24, 2.45) is 0 Å². The molecule has 0 saturated carbocycles. The molecule has 0 radical (unpaired) electrons. The topological polar surface area (TPSA) is 94.1 Å². The van der Waals surface area contributed by atoms with Crippen molar-refractivity contribution < 1.29 is 28.9 Å². The lowest BCUT2D eigenvalue weighted by Crippen LogP contribution is -2.16. The van der Waals surface area contributed by atoms with Gasteiger partial charge in [0.05, 0.1) is 27.0 Å². The van der Waals surface area contributed by atoms with Crippen molar-refractivity contribution in [3.05, 3.63) is 47.5 Å². The number of aliphatic carboxylic acids is 1. The monoisotopic (exact) mass is 397 g/mol. The fourth-order valence-electron chi connectivity index (χ4n) is 3.43. The normalized spacial score (nSPS) is 13.2. The summed E-state index contributed by atoms with van der Waals surface area (Å²) < 4.78 is 16.1. The van der Waals surface area contributed by atoms with Gasteiger partial charge in [0.15, 0.2) is 0 Å². The van der Waals surface area contributed by atoms with Crippen LogP contribution in [-0.2, 0) is 9.59 Å². The van der Waals surface area contributed by atoms with Gasteiger partial charge in [-0.15, -0.1) is 0 Å². The van der Waals surface area contributed by atoms with Gasteiger partial charge in [-0.25, -0.2) is 4.79 Å². The molecule has 1 aliphatic rings. The van der Waals surface area contributed by atoms with E-state index in [0.717, 1.165) is 11.1 Å². The summed E-state index contributed by atoms with van der Waals surface area (Å²) in [5.74, 6) is 0.338. The first-order chi connectivity index (χ1) is 14.0. The number of nitrogens with one attached hydrogen (secondary N) is 1. The summed E-state index contributed by atoms with van der Waals surface area (Å²) >= 11 is 0. The highest BCUT2D eigenvalue weighted by Gasteiger charge is 2.26. The minimum atomic E-state index is -1.04. The van der Waals surface area contributed by atoms with Gasteiger partial charge in [-0.2, -0.15) is 0 Å². The Morgan fingerprint density at radius 1 is 0.897 bits per heavy atom. The third kappa shape index (κ3) is 4.18. The first-order valence-corrected chi connectivity index (χ1v) is 9.15. The van der Waals surface area contributed by atoms with Gasteiger partial charge in [-0.1, -0.05) is 6.07 Å². The van der Waals surface area contributed by atoms with E-state index < -0.39 is 11.9 Å². The standard InChI is InChI=1S/C22H23NO6/c1-27-14-8-9-15(19(12-14)28-2)13-7-10-18(20(11-13)29-3)23-21(24)16-5-4-6-17(16)22(25)26/h7-12H,4-6H2,1-3H3,(H,23,24)(H,25,26). The molecule has 29 heavy (non-hydrogen) atoms. The van der Waals surface area contributed by atoms with Gasteiger partial charge in [0, 0.05) is 22.8 Å². The Hall–Kier alpha value is -3.48. The van der Waals surface area contributed by atoms with Crippen molar-refractivity contribution in [3.8, 4) is 28.4 Å². The molecule has 0 bridgehead atoms. The number of methoxy groups -OCH3 is 3. The van der Waals surface area contributed by atoms with E-state index in [-0.39, 0.29) is 5.57 Å². The van der Waals surface area contributed by atoms with Crippen LogP contribution in [0.25, 0.3) is 11.1 Å². The van der Waals surface area contributed by atoms with E-state index >= 15 is 0 Å². The second-order valence-electron chi connectivity index (χ2n) is 6.55. The molecule has 0 spiro atoms. The van der Waals surface area contributed by atoms with Crippen LogP contribution in [0.3, 0.4) is 0 Å². The predicted molar refractivity (Wildman–Crippen MR) is 109 cm³/mol. The number of ether oxygens (including phenoxy) is 3. The van der Waals surface area contributed by atoms with Gasteiger partial charge in [-0.05, 0) is 49.1 Å². The highest BCUT2D eigenvalue weighted by atomic mass is 16.5. The SMILES string of the molecule is COc1ccc(-c2ccc(NC(=O)C3=C(C(=O)O)CCC3)c(OC)c2)c(OC)c1. The molecule has 0 fully saturated rings. The third-order valence-electron chi connectivity index (χ3n) is 4.92. The number of carboxylic acid groups (broad SMARTS) is 1. The molecule has 2 aromatic rings. The first kappa shape index (κ1) is 20.3. The van der Waals surface area contributed by atoms with Crippen LogP contribution in [0.2, 0.25) is 0 Å². The number of amides is 1. The highest BCUT2D eigenvalue weighted by molar-refractivity contribution is 6.09. The van der Waals surface area contributed by atoms with E-state index in [4.69, 9.17) is 14.2 Å². The van der Waals surface area contributed by atoms with Crippen molar-refractivity contribution in [1.29, 1.82) is 0 Å². The Morgan fingerprint density at radius 3 is 2.28 bits per heavy atom. The Bertz CT molecular complexity index is 979. The Morgan fingerprint density at radius 2 is 1.62 bits per heavy atom. The molecule has 7 nitrogen and oxygen atoms in total. The molecule has 1 amide bonds. The smallest absolute Gasteiger partial charge is 0.332 e. The maximum Gasteiger partial charge on any atom is 0.332 e. The lowest BCUT2D eigenvalue weighted by atomic mass is 10.0. The summed E-state index contributed by atoms with van der Waals surface area (Å²) in [5, 5.41) is 12.0. The van der Waals surface area contributed by atoms with Gasteiger partial charge in [-0.3, -0.25) is 4.79 Å². The number of carbonyl (C=O) groups is 2. The average Bonchev–Trinajstić information content (AvgIpc) is 3.24. The fourth-order valence-corrected chi connectivity index (χ4v) is 3.43. The molecule has 0 aromatic heterocycles. The van der Waals surface area contributed by atoms with Crippen LogP contribution < -0.4 is 19.5 Å². The molecule has 0 heterocycles. The molecular weight excluding hydrogens is 374 g/mol. The van der Waals surface area contributed by atoms with Crippen LogP contribution in [0.4, 0.5) is 5.69 Å². The average molecular weight is 397 g/mol. The Balaban J connectivity index is 1.91. The number of rotatable bonds is 7. The van der Waals surface area contributed by atoms with Gasteiger partial charge in [0.1, 0.15) is 17.2 Å². The van der Waals surface area contributed by atoms with Crippen molar-refractivity contribution in [3.63, 3.8) is 0 Å². The van der Waals surface area contributed by atoms with Crippen LogP contribution in [0.5, 0.6) is 17.2 Å². The van der Waals surface area contributed by atoms with Crippen molar-refractivity contribution in [2.75, 3.05) is 26.6 Å². The lowest BCUT2D eigenvalue weighted by Gasteiger charge is -2.15. The molecule has 152 valence electrons.